The minimum absolute atomic E-state index is 0.0340. The zero-order valence-electron chi connectivity index (χ0n) is 48.5. The van der Waals surface area contributed by atoms with E-state index in [9.17, 15) is 81.7 Å². The Labute approximate surface area is 483 Å². The van der Waals surface area contributed by atoms with Crippen LogP contribution in [0.1, 0.15) is 113 Å². The smallest absolute Gasteiger partial charge is 0.187 e. The van der Waals surface area contributed by atoms with Gasteiger partial charge in [-0.3, -0.25) is 0 Å². The van der Waals surface area contributed by atoms with E-state index in [1.165, 1.54) is 26.3 Å². The van der Waals surface area contributed by atoms with Crippen LogP contribution in [0.2, 0.25) is 0 Å². The van der Waals surface area contributed by atoms with Crippen molar-refractivity contribution in [2.75, 3.05) is 19.8 Å². The van der Waals surface area contributed by atoms with Gasteiger partial charge in [0.1, 0.15) is 104 Å². The fourth-order valence-corrected chi connectivity index (χ4v) is 16.0. The second kappa shape index (κ2) is 26.3. The summed E-state index contributed by atoms with van der Waals surface area (Å²) in [5, 5.41) is 173. The summed E-state index contributed by atoms with van der Waals surface area (Å²) in [6.07, 6.45) is -29.4. The van der Waals surface area contributed by atoms with Crippen molar-refractivity contribution in [1.29, 1.82) is 0 Å². The number of ether oxygens (including phenoxy) is 10. The zero-order chi connectivity index (χ0) is 60.5. The molecule has 8 fully saturated rings. The van der Waals surface area contributed by atoms with E-state index >= 15 is 0 Å². The molecule has 0 radical (unpaired) electrons. The Balaban J connectivity index is 0.834. The van der Waals surface area contributed by atoms with Gasteiger partial charge in [0.2, 0.25) is 0 Å². The molecule has 0 spiro atoms. The molecule has 0 aromatic carbocycles. The van der Waals surface area contributed by atoms with Gasteiger partial charge in [-0.25, -0.2) is 0 Å². The first-order valence-corrected chi connectivity index (χ1v) is 30.0. The number of hydrogen-bond donors (Lipinski definition) is 16. The molecule has 0 aromatic heterocycles. The minimum atomic E-state index is -1.79. The highest BCUT2D eigenvalue weighted by Crippen LogP contribution is 2.68. The lowest BCUT2D eigenvalue weighted by atomic mass is 9.46. The molecule has 5 heterocycles. The quantitative estimate of drug-likeness (QED) is 0.0596. The summed E-state index contributed by atoms with van der Waals surface area (Å²) in [7, 11) is 0. The van der Waals surface area contributed by atoms with Gasteiger partial charge in [0, 0.05) is 5.92 Å². The van der Waals surface area contributed by atoms with Gasteiger partial charge in [-0.1, -0.05) is 38.8 Å². The number of hydrogen-bond acceptors (Lipinski definition) is 26. The third-order valence-corrected chi connectivity index (χ3v) is 20.9. The third-order valence-electron chi connectivity index (χ3n) is 20.9. The fourth-order valence-electron chi connectivity index (χ4n) is 16.0. The van der Waals surface area contributed by atoms with Gasteiger partial charge in [-0.2, -0.15) is 0 Å². The zero-order valence-corrected chi connectivity index (χ0v) is 48.5. The van der Waals surface area contributed by atoms with Crippen LogP contribution in [0, 0.1) is 40.4 Å². The van der Waals surface area contributed by atoms with Crippen molar-refractivity contribution in [3.8, 4) is 0 Å². The summed E-state index contributed by atoms with van der Waals surface area (Å²) < 4.78 is 59.3. The molecule has 5 saturated heterocycles. The predicted octanol–water partition coefficient (Wildman–Crippen LogP) is -3.35. The standard InChI is InChI=1S/C57H96O26/c1-22(20-74-51-43(69)40(66)36(62)32(19-58)80-51)9-8-14-57(7,73)49-31(59)18-30-28-11-10-26-17-27(12-15-55(26,5)29(28)13-16-56(30,49)6)79-54-48(83-53-45(71)39(65)35(61)24(3)77-53)41(67)37(63)33(81-54)21-75-50-46(72)42(68)47(25(4)78-50)82-52-44(70)38(64)34(60)23(2)76-52/h10,22-25,27-54,58-73H,8-9,11-21H2,1-7H3/t22-,23+,24+,25+,27+,28-,29+,30+,31+,32-,33-,34+,35+,36-,37-,38-,39-,40+,41+,42+,43-,44-,45-,46-,47+,48-,49+,50-,51-,52+,53+,54-,55+,56+,57-/m1/s1. The summed E-state index contributed by atoms with van der Waals surface area (Å²) in [4.78, 5) is 0. The lowest BCUT2D eigenvalue weighted by Gasteiger charge is -2.59. The number of aliphatic hydroxyl groups is 16. The monoisotopic (exact) mass is 1200 g/mol. The van der Waals surface area contributed by atoms with Crippen LogP contribution in [-0.4, -0.2) is 273 Å². The molecule has 0 amide bonds. The van der Waals surface area contributed by atoms with Crippen molar-refractivity contribution in [2.45, 2.75) is 284 Å². The largest absolute Gasteiger partial charge is 0.394 e. The SMILES string of the molecule is C[C@H](CCC[C@@](C)(O)[C@H]1[C@@H](O)C[C@H]2[C@@H]3CC=C4C[C@@H](O[C@@H]5O[C@H](CO[C@@H]6O[C@@H](C)[C@H](O[C@@H]7O[C@@H](C)[C@H](O)[C@@H](O)[C@H]7O)[C@@H](O)[C@H]6O)[C@@H](O)[C@H](O)[C@H]5O[C@@H]5O[C@@H](C)[C@H](O)[C@@H](O)[C@H]5O)CC[C@]4(C)[C@H]3CC[C@@]21C)CO[C@@H]1O[C@H](CO)[C@@H](O)[C@H](O)[C@H]1O. The molecule has 26 heteroatoms. The molecule has 35 atom stereocenters. The Hall–Kier alpha value is -1.30. The van der Waals surface area contributed by atoms with Gasteiger partial charge < -0.3 is 129 Å². The molecule has 0 unspecified atom stereocenters. The van der Waals surface area contributed by atoms with E-state index in [2.05, 4.69) is 19.9 Å². The van der Waals surface area contributed by atoms with Crippen LogP contribution in [0.4, 0.5) is 0 Å². The highest BCUT2D eigenvalue weighted by molar-refractivity contribution is 5.26. The average molecular weight is 1200 g/mol. The Bertz CT molecular complexity index is 2140. The van der Waals surface area contributed by atoms with E-state index in [0.29, 0.717) is 44.9 Å². The van der Waals surface area contributed by atoms with Crippen LogP contribution in [0.5, 0.6) is 0 Å². The van der Waals surface area contributed by atoms with Crippen LogP contribution in [0.25, 0.3) is 0 Å². The highest BCUT2D eigenvalue weighted by Gasteiger charge is 2.65. The van der Waals surface area contributed by atoms with Gasteiger partial charge in [-0.15, -0.1) is 0 Å². The van der Waals surface area contributed by atoms with Gasteiger partial charge in [0.25, 0.3) is 0 Å². The predicted molar refractivity (Wildman–Crippen MR) is 282 cm³/mol. The molecule has 83 heavy (non-hydrogen) atoms. The maximum absolute atomic E-state index is 12.3. The molecule has 4 aliphatic carbocycles. The lowest BCUT2D eigenvalue weighted by Crippen LogP contribution is -2.65. The highest BCUT2D eigenvalue weighted by atomic mass is 16.8. The van der Waals surface area contributed by atoms with E-state index in [4.69, 9.17) is 47.4 Å². The number of rotatable bonds is 18. The molecule has 9 aliphatic rings. The molecule has 480 valence electrons. The van der Waals surface area contributed by atoms with Gasteiger partial charge in [0.05, 0.1) is 55.9 Å². The molecule has 3 saturated carbocycles. The maximum Gasteiger partial charge on any atom is 0.187 e. The molecule has 9 rings (SSSR count). The Morgan fingerprint density at radius 1 is 0.590 bits per heavy atom. The van der Waals surface area contributed by atoms with Crippen molar-refractivity contribution in [3.05, 3.63) is 11.6 Å². The Morgan fingerprint density at radius 3 is 1.77 bits per heavy atom. The summed E-state index contributed by atoms with van der Waals surface area (Å²) >= 11 is 0. The molecule has 0 bridgehead atoms. The van der Waals surface area contributed by atoms with Gasteiger partial charge >= 0.3 is 0 Å². The summed E-state index contributed by atoms with van der Waals surface area (Å²) in [5.41, 5.74) is -0.613. The van der Waals surface area contributed by atoms with Crippen LogP contribution in [0.15, 0.2) is 11.6 Å². The van der Waals surface area contributed by atoms with Crippen molar-refractivity contribution < 1.29 is 129 Å². The Kier molecular flexibility index (Phi) is 20.9. The van der Waals surface area contributed by atoms with E-state index in [0.717, 1.165) is 19.3 Å². The van der Waals surface area contributed by atoms with E-state index in [1.807, 2.05) is 13.8 Å². The van der Waals surface area contributed by atoms with Crippen LogP contribution >= 0.6 is 0 Å². The maximum atomic E-state index is 12.3. The van der Waals surface area contributed by atoms with Crippen molar-refractivity contribution in [2.24, 2.45) is 40.4 Å². The summed E-state index contributed by atoms with van der Waals surface area (Å²) in [6, 6.07) is 0. The topological polar surface area (TPSA) is 416 Å². The van der Waals surface area contributed by atoms with Crippen LogP contribution < -0.4 is 0 Å². The third kappa shape index (κ3) is 12.9. The van der Waals surface area contributed by atoms with Crippen molar-refractivity contribution in [1.82, 2.24) is 0 Å². The molecular formula is C57H96O26. The molecule has 5 aliphatic heterocycles. The molecule has 0 aromatic rings. The lowest BCUT2D eigenvalue weighted by molar-refractivity contribution is -0.377. The molecule has 16 N–H and O–H groups in total. The van der Waals surface area contributed by atoms with E-state index in [1.54, 1.807) is 0 Å². The first-order valence-electron chi connectivity index (χ1n) is 30.0. The summed E-state index contributed by atoms with van der Waals surface area (Å²) in [6.45, 7) is 11.8. The molecular weight excluding hydrogens is 1100 g/mol. The average Bonchev–Trinajstić information content (AvgIpc) is 1.84. The van der Waals surface area contributed by atoms with Crippen LogP contribution in [-0.2, 0) is 47.4 Å². The number of aliphatic hydroxyl groups excluding tert-OH is 15. The fraction of sp³-hybridized carbons (Fsp3) is 0.965. The summed E-state index contributed by atoms with van der Waals surface area (Å²) in [5.74, 6) is 0.198. The number of fused-ring (bicyclic) bond motifs is 5. The Morgan fingerprint density at radius 2 is 1.13 bits per heavy atom. The number of allylic oxidation sites excluding steroid dienone is 1. The van der Waals surface area contributed by atoms with Crippen molar-refractivity contribution in [3.63, 3.8) is 0 Å². The van der Waals surface area contributed by atoms with E-state index in [-0.39, 0.29) is 47.0 Å². The van der Waals surface area contributed by atoms with Gasteiger partial charge in [-0.05, 0) is 120 Å². The first kappa shape index (κ1) is 66.1. The molecule has 26 nitrogen and oxygen atoms in total. The van der Waals surface area contributed by atoms with Crippen molar-refractivity contribution >= 4 is 0 Å². The van der Waals surface area contributed by atoms with Gasteiger partial charge in [0.15, 0.2) is 31.5 Å². The van der Waals surface area contributed by atoms with Crippen LogP contribution in [0.3, 0.4) is 0 Å². The minimum Gasteiger partial charge on any atom is -0.394 e. The second-order valence-corrected chi connectivity index (χ2v) is 26.6. The van der Waals surface area contributed by atoms with E-state index < -0.39 is 185 Å². The normalized spacial score (nSPS) is 53.3. The second-order valence-electron chi connectivity index (χ2n) is 26.6. The first-order chi connectivity index (χ1) is 39.0.